The van der Waals surface area contributed by atoms with Gasteiger partial charge in [0.05, 0.1) is 53.8 Å². The molecule has 0 bridgehead atoms. The number of rotatable bonds is 12. The first kappa shape index (κ1) is 57.0. The number of piperazine rings is 2. The lowest BCUT2D eigenvalue weighted by Crippen LogP contribution is -2.43. The van der Waals surface area contributed by atoms with Crippen molar-refractivity contribution in [2.75, 3.05) is 75.4 Å². The molecule has 0 radical (unpaired) electrons. The predicted octanol–water partition coefficient (Wildman–Crippen LogP) is 12.0. The first-order valence-corrected chi connectivity index (χ1v) is 34.1. The van der Waals surface area contributed by atoms with Crippen LogP contribution in [0.3, 0.4) is 0 Å². The fourth-order valence-electron chi connectivity index (χ4n) is 8.51. The Balaban J connectivity index is 0.000000148. The summed E-state index contributed by atoms with van der Waals surface area (Å²) in [6.07, 6.45) is 0. The normalized spacial score (nSPS) is 14.3. The van der Waals surface area contributed by atoms with Crippen molar-refractivity contribution >= 4 is 103 Å². The standard InChI is InChI=1S/C18H29FN4OSi.C14H20BrFN2OSi.C12H15FN4.C8H6BrFN2/c1-14-15-11-18(22-7-5-20-6-8-22)16(19)12-17(15)23(21-14)13-24-9-10-25(2,3)4;1-10-11-7-12(15)13(16)8-14(11)18(17-10)9-19-5-6-20(2,3)4;1-8-9-6-12(17-4-2-14-3-5-17)10(13)7-11(9)16-15-8;1-4-5-2-6(9)7(10)3-8(5)12-11-4/h11-12,20H,5-10,13H2,1-4H3;7-8H,5-6,9H2,1-4H3;6-7,14H,2-5H2,1H3,(H,15,16);2-3H,1H3,(H,11,12). The number of nitrogens with one attached hydrogen (secondary N) is 4. The van der Waals surface area contributed by atoms with Crippen LogP contribution in [0.25, 0.3) is 43.6 Å². The predicted molar refractivity (Wildman–Crippen MR) is 304 cm³/mol. The lowest BCUT2D eigenvalue weighted by atomic mass is 10.1. The van der Waals surface area contributed by atoms with Crippen molar-refractivity contribution in [3.8, 4) is 0 Å². The summed E-state index contributed by atoms with van der Waals surface area (Å²) in [6, 6.07) is 15.6. The zero-order chi connectivity index (χ0) is 53.5. The number of hydrogen-bond acceptors (Lipinski definition) is 10. The molecule has 0 aliphatic carbocycles. The van der Waals surface area contributed by atoms with E-state index in [0.717, 1.165) is 133 Å². The maximum atomic E-state index is 14.7. The summed E-state index contributed by atoms with van der Waals surface area (Å²) < 4.78 is 71.2. The smallest absolute Gasteiger partial charge is 0.148 e. The molecule has 14 nitrogen and oxygen atoms in total. The Morgan fingerprint density at radius 3 is 1.34 bits per heavy atom. The van der Waals surface area contributed by atoms with Crippen molar-refractivity contribution in [2.45, 2.75) is 92.5 Å². The Morgan fingerprint density at radius 2 is 0.878 bits per heavy atom. The molecule has 0 spiro atoms. The largest absolute Gasteiger partial charge is 0.367 e. The van der Waals surface area contributed by atoms with E-state index in [1.54, 1.807) is 27.6 Å². The average molecular weight is 1190 g/mol. The highest BCUT2D eigenvalue weighted by atomic mass is 79.9. The van der Waals surface area contributed by atoms with E-state index < -0.39 is 16.1 Å². The Labute approximate surface area is 449 Å². The molecule has 10 rings (SSSR count). The molecule has 2 saturated heterocycles. The van der Waals surface area contributed by atoms with Crippen LogP contribution < -0.4 is 20.4 Å². The minimum atomic E-state index is -1.10. The molecule has 0 saturated carbocycles. The van der Waals surface area contributed by atoms with Crippen LogP contribution >= 0.6 is 31.9 Å². The van der Waals surface area contributed by atoms with Crippen molar-refractivity contribution in [1.29, 1.82) is 0 Å². The second-order valence-electron chi connectivity index (χ2n) is 21.2. The van der Waals surface area contributed by atoms with Crippen molar-refractivity contribution in [1.82, 2.24) is 50.6 Å². The molecule has 4 aromatic carbocycles. The molecule has 0 amide bonds. The fraction of sp³-hybridized carbons (Fsp3) is 0.462. The number of aromatic amines is 2. The molecule has 2 aliphatic heterocycles. The van der Waals surface area contributed by atoms with Crippen LogP contribution in [-0.4, -0.2) is 122 Å². The Morgan fingerprint density at radius 1 is 0.514 bits per heavy atom. The van der Waals surface area contributed by atoms with Crippen LogP contribution in [-0.2, 0) is 22.9 Å². The topological polar surface area (TPSA) is 142 Å². The number of ether oxygens (including phenoxy) is 2. The zero-order valence-electron chi connectivity index (χ0n) is 44.2. The summed E-state index contributed by atoms with van der Waals surface area (Å²) in [4.78, 5) is 4.18. The van der Waals surface area contributed by atoms with Gasteiger partial charge in [-0.15, -0.1) is 0 Å². The molecule has 6 heterocycles. The summed E-state index contributed by atoms with van der Waals surface area (Å²) in [5, 5.41) is 33.1. The van der Waals surface area contributed by atoms with Crippen molar-refractivity contribution in [3.63, 3.8) is 0 Å². The van der Waals surface area contributed by atoms with Crippen LogP contribution in [0.5, 0.6) is 0 Å². The number of nitrogens with zero attached hydrogens (tertiary/aromatic N) is 8. The number of benzene rings is 4. The number of aryl methyl sites for hydroxylation is 4. The molecule has 0 unspecified atom stereocenters. The van der Waals surface area contributed by atoms with E-state index in [1.165, 1.54) is 18.2 Å². The van der Waals surface area contributed by atoms with E-state index in [-0.39, 0.29) is 23.3 Å². The van der Waals surface area contributed by atoms with E-state index in [0.29, 0.717) is 44.8 Å². The molecule has 0 atom stereocenters. The molecule has 2 fully saturated rings. The van der Waals surface area contributed by atoms with Crippen molar-refractivity contribution in [2.24, 2.45) is 0 Å². The van der Waals surface area contributed by atoms with Gasteiger partial charge in [0.15, 0.2) is 0 Å². The number of anilines is 2. The number of hydrogen-bond donors (Lipinski definition) is 4. The van der Waals surface area contributed by atoms with Gasteiger partial charge in [-0.1, -0.05) is 39.3 Å². The van der Waals surface area contributed by atoms with Gasteiger partial charge >= 0.3 is 0 Å². The average Bonchev–Trinajstić information content (AvgIpc) is 4.08. The summed E-state index contributed by atoms with van der Waals surface area (Å²) >= 11 is 6.33. The van der Waals surface area contributed by atoms with E-state index in [9.17, 15) is 17.6 Å². The monoisotopic (exact) mass is 1180 g/mol. The first-order chi connectivity index (χ1) is 35.1. The zero-order valence-corrected chi connectivity index (χ0v) is 49.4. The van der Waals surface area contributed by atoms with Gasteiger partial charge < -0.3 is 29.9 Å². The summed E-state index contributed by atoms with van der Waals surface area (Å²) in [6.45, 7) is 30.8. The third kappa shape index (κ3) is 14.8. The molecule has 74 heavy (non-hydrogen) atoms. The maximum Gasteiger partial charge on any atom is 0.148 e. The molecule has 22 heteroatoms. The lowest BCUT2D eigenvalue weighted by Gasteiger charge is -2.29. The fourth-order valence-corrected chi connectivity index (χ4v) is 10.7. The second kappa shape index (κ2) is 25.0. The van der Waals surface area contributed by atoms with Gasteiger partial charge in [-0.05, 0) is 95.9 Å². The Kier molecular flexibility index (Phi) is 19.3. The molecular weight excluding hydrogens is 1120 g/mol. The van der Waals surface area contributed by atoms with E-state index in [2.05, 4.69) is 122 Å². The molecule has 4 N–H and O–H groups in total. The van der Waals surface area contributed by atoms with Crippen LogP contribution in [0.1, 0.15) is 22.8 Å². The van der Waals surface area contributed by atoms with Gasteiger partial charge in [0.2, 0.25) is 0 Å². The van der Waals surface area contributed by atoms with Gasteiger partial charge in [0, 0.05) is 139 Å². The minimum absolute atomic E-state index is 0.183. The van der Waals surface area contributed by atoms with Crippen LogP contribution in [0, 0.1) is 51.0 Å². The summed E-state index contributed by atoms with van der Waals surface area (Å²) in [5.41, 5.74) is 8.03. The number of H-pyrrole nitrogens is 2. The Bertz CT molecular complexity index is 3170. The molecule has 8 aromatic rings. The molecular formula is C52H70Br2F4N12O2Si2. The SMILES string of the molecule is Cc1[nH]nc2cc(F)c(Br)cc12.Cc1[nH]nc2cc(F)c(N3CCNCC3)cc12.Cc1nn(COCC[Si](C)(C)C)c2cc(F)c(Br)cc12.Cc1nn(COCC[Si](C)(C)C)c2cc(F)c(N3CCNCC3)cc12. The third-order valence-electron chi connectivity index (χ3n) is 12.9. The number of aromatic nitrogens is 8. The van der Waals surface area contributed by atoms with Crippen LogP contribution in [0.2, 0.25) is 51.4 Å². The highest BCUT2D eigenvalue weighted by Crippen LogP contribution is 2.31. The third-order valence-corrected chi connectivity index (χ3v) is 17.5. The second-order valence-corrected chi connectivity index (χ2v) is 34.2. The first-order valence-electron chi connectivity index (χ1n) is 25.1. The van der Waals surface area contributed by atoms with E-state index in [4.69, 9.17) is 9.47 Å². The molecule has 2 aliphatic rings. The van der Waals surface area contributed by atoms with Gasteiger partial charge in [0.25, 0.3) is 0 Å². The van der Waals surface area contributed by atoms with Gasteiger partial charge in [-0.25, -0.2) is 26.9 Å². The quantitative estimate of drug-likeness (QED) is 0.0531. The number of halogens is 6. The maximum absolute atomic E-state index is 14.7. The van der Waals surface area contributed by atoms with Gasteiger partial charge in [-0.3, -0.25) is 10.2 Å². The molecule has 4 aromatic heterocycles. The van der Waals surface area contributed by atoms with Crippen molar-refractivity contribution < 1.29 is 27.0 Å². The van der Waals surface area contributed by atoms with Crippen LogP contribution in [0.15, 0.2) is 57.5 Å². The molecule has 400 valence electrons. The van der Waals surface area contributed by atoms with E-state index >= 15 is 0 Å². The summed E-state index contributed by atoms with van der Waals surface area (Å²) in [7, 11) is -2.19. The Hall–Kier alpha value is -4.69. The summed E-state index contributed by atoms with van der Waals surface area (Å²) in [5.74, 6) is -0.932. The van der Waals surface area contributed by atoms with Crippen LogP contribution in [0.4, 0.5) is 28.9 Å². The van der Waals surface area contributed by atoms with Gasteiger partial charge in [-0.2, -0.15) is 20.4 Å². The number of fused-ring (bicyclic) bond motifs is 4. The minimum Gasteiger partial charge on any atom is -0.367 e. The lowest BCUT2D eigenvalue weighted by molar-refractivity contribution is 0.0814. The van der Waals surface area contributed by atoms with Gasteiger partial charge in [0.1, 0.15) is 36.7 Å². The highest BCUT2D eigenvalue weighted by molar-refractivity contribution is 9.10. The highest BCUT2D eigenvalue weighted by Gasteiger charge is 2.21. The van der Waals surface area contributed by atoms with E-state index in [1.807, 2.05) is 39.8 Å². The van der Waals surface area contributed by atoms with Crippen molar-refractivity contribution in [3.05, 3.63) is 104 Å².